The van der Waals surface area contributed by atoms with Crippen LogP contribution in [-0.2, 0) is 13.6 Å². The van der Waals surface area contributed by atoms with Crippen molar-refractivity contribution in [1.29, 1.82) is 0 Å². The lowest BCUT2D eigenvalue weighted by Crippen LogP contribution is -2.04. The van der Waals surface area contributed by atoms with E-state index in [-0.39, 0.29) is 0 Å². The third-order valence-corrected chi connectivity index (χ3v) is 3.34. The van der Waals surface area contributed by atoms with E-state index in [9.17, 15) is 0 Å². The molecule has 2 heterocycles. The molecule has 0 fully saturated rings. The Hall–Kier alpha value is -2.04. The van der Waals surface area contributed by atoms with Gasteiger partial charge in [0.15, 0.2) is 5.75 Å². The van der Waals surface area contributed by atoms with Crippen molar-refractivity contribution in [2.75, 3.05) is 12.4 Å². The SMILES string of the molecule is COc1cnc(C)cc1NCc1c(C)nn(C)c1C. The highest BCUT2D eigenvalue weighted by molar-refractivity contribution is 5.56. The Balaban J connectivity index is 2.21. The van der Waals surface area contributed by atoms with Gasteiger partial charge in [0.25, 0.3) is 0 Å². The van der Waals surface area contributed by atoms with Gasteiger partial charge in [-0.2, -0.15) is 5.10 Å². The number of nitrogens with one attached hydrogen (secondary N) is 1. The van der Waals surface area contributed by atoms with Gasteiger partial charge >= 0.3 is 0 Å². The molecule has 0 amide bonds. The molecule has 2 rings (SSSR count). The molecule has 5 heteroatoms. The maximum atomic E-state index is 5.31. The topological polar surface area (TPSA) is 52.0 Å². The predicted molar refractivity (Wildman–Crippen MR) is 75.5 cm³/mol. The zero-order chi connectivity index (χ0) is 14.0. The Labute approximate surface area is 113 Å². The van der Waals surface area contributed by atoms with Crippen LogP contribution in [0.15, 0.2) is 12.3 Å². The van der Waals surface area contributed by atoms with Gasteiger partial charge in [-0.1, -0.05) is 0 Å². The summed E-state index contributed by atoms with van der Waals surface area (Å²) < 4.78 is 7.21. The van der Waals surface area contributed by atoms with E-state index in [0.29, 0.717) is 0 Å². The van der Waals surface area contributed by atoms with Crippen LogP contribution < -0.4 is 10.1 Å². The van der Waals surface area contributed by atoms with Gasteiger partial charge < -0.3 is 10.1 Å². The summed E-state index contributed by atoms with van der Waals surface area (Å²) in [6.07, 6.45) is 1.74. The van der Waals surface area contributed by atoms with Crippen molar-refractivity contribution in [3.05, 3.63) is 34.9 Å². The van der Waals surface area contributed by atoms with Gasteiger partial charge in [0, 0.05) is 30.5 Å². The van der Waals surface area contributed by atoms with Crippen LogP contribution in [0.5, 0.6) is 5.75 Å². The van der Waals surface area contributed by atoms with E-state index in [1.165, 1.54) is 11.3 Å². The number of nitrogens with zero attached hydrogens (tertiary/aromatic N) is 3. The minimum absolute atomic E-state index is 0.728. The van der Waals surface area contributed by atoms with Gasteiger partial charge in [0.2, 0.25) is 0 Å². The summed E-state index contributed by atoms with van der Waals surface area (Å²) in [6.45, 7) is 6.79. The molecular weight excluding hydrogens is 240 g/mol. The molecule has 5 nitrogen and oxygen atoms in total. The number of anilines is 1. The van der Waals surface area contributed by atoms with Crippen LogP contribution in [0.3, 0.4) is 0 Å². The average molecular weight is 260 g/mol. The average Bonchev–Trinajstić information content (AvgIpc) is 2.61. The molecule has 0 radical (unpaired) electrons. The maximum Gasteiger partial charge on any atom is 0.160 e. The normalized spacial score (nSPS) is 10.6. The molecule has 19 heavy (non-hydrogen) atoms. The Morgan fingerprint density at radius 3 is 2.63 bits per heavy atom. The van der Waals surface area contributed by atoms with E-state index in [1.54, 1.807) is 13.3 Å². The number of hydrogen-bond donors (Lipinski definition) is 1. The van der Waals surface area contributed by atoms with Crippen LogP contribution in [0.2, 0.25) is 0 Å². The number of hydrogen-bond acceptors (Lipinski definition) is 4. The third-order valence-electron chi connectivity index (χ3n) is 3.34. The Kier molecular flexibility index (Phi) is 3.74. The van der Waals surface area contributed by atoms with Crippen molar-refractivity contribution in [2.24, 2.45) is 7.05 Å². The Morgan fingerprint density at radius 1 is 1.32 bits per heavy atom. The van der Waals surface area contributed by atoms with E-state index in [2.05, 4.69) is 22.3 Å². The zero-order valence-corrected chi connectivity index (χ0v) is 12.1. The highest BCUT2D eigenvalue weighted by Gasteiger charge is 2.10. The summed E-state index contributed by atoms with van der Waals surface area (Å²) >= 11 is 0. The Bertz CT molecular complexity index is 589. The molecule has 2 aromatic rings. The highest BCUT2D eigenvalue weighted by Crippen LogP contribution is 2.24. The molecular formula is C14H20N4O. The first kappa shape index (κ1) is 13.4. The summed E-state index contributed by atoms with van der Waals surface area (Å²) in [5, 5.41) is 7.81. The highest BCUT2D eigenvalue weighted by atomic mass is 16.5. The van der Waals surface area contributed by atoms with Crippen LogP contribution >= 0.6 is 0 Å². The van der Waals surface area contributed by atoms with Gasteiger partial charge in [0.05, 0.1) is 24.7 Å². The summed E-state index contributed by atoms with van der Waals surface area (Å²) in [7, 11) is 3.61. The van der Waals surface area contributed by atoms with Crippen molar-refractivity contribution in [2.45, 2.75) is 27.3 Å². The quantitative estimate of drug-likeness (QED) is 0.917. The Morgan fingerprint density at radius 2 is 2.05 bits per heavy atom. The fourth-order valence-electron chi connectivity index (χ4n) is 2.10. The molecule has 102 valence electrons. The number of aryl methyl sites for hydroxylation is 3. The zero-order valence-electron chi connectivity index (χ0n) is 12.1. The smallest absolute Gasteiger partial charge is 0.160 e. The van der Waals surface area contributed by atoms with Gasteiger partial charge in [-0.25, -0.2) is 0 Å². The minimum atomic E-state index is 0.728. The van der Waals surface area contributed by atoms with Crippen LogP contribution in [-0.4, -0.2) is 21.9 Å². The van der Waals surface area contributed by atoms with Gasteiger partial charge in [-0.05, 0) is 26.8 Å². The first-order valence-electron chi connectivity index (χ1n) is 6.26. The van der Waals surface area contributed by atoms with Gasteiger partial charge in [-0.3, -0.25) is 9.67 Å². The lowest BCUT2D eigenvalue weighted by molar-refractivity contribution is 0.414. The lowest BCUT2D eigenvalue weighted by Gasteiger charge is -2.11. The molecule has 0 aliphatic heterocycles. The van der Waals surface area contributed by atoms with E-state index in [4.69, 9.17) is 4.74 Å². The molecule has 0 saturated heterocycles. The number of methoxy groups -OCH3 is 1. The van der Waals surface area contributed by atoms with E-state index in [0.717, 1.165) is 29.4 Å². The second-order valence-electron chi connectivity index (χ2n) is 4.65. The van der Waals surface area contributed by atoms with Crippen LogP contribution in [0, 0.1) is 20.8 Å². The molecule has 0 saturated carbocycles. The molecule has 0 aliphatic carbocycles. The van der Waals surface area contributed by atoms with Crippen LogP contribution in [0.1, 0.15) is 22.6 Å². The van der Waals surface area contributed by atoms with Crippen molar-refractivity contribution < 1.29 is 4.74 Å². The fourth-order valence-corrected chi connectivity index (χ4v) is 2.10. The van der Waals surface area contributed by atoms with Crippen molar-refractivity contribution in [3.63, 3.8) is 0 Å². The first-order valence-corrected chi connectivity index (χ1v) is 6.26. The summed E-state index contributed by atoms with van der Waals surface area (Å²) in [5.41, 5.74) is 5.37. The predicted octanol–water partition coefficient (Wildman–Crippen LogP) is 2.36. The van der Waals surface area contributed by atoms with Crippen LogP contribution in [0.25, 0.3) is 0 Å². The molecule has 1 N–H and O–H groups in total. The third kappa shape index (κ3) is 2.70. The molecule has 0 aliphatic rings. The molecule has 0 bridgehead atoms. The van der Waals surface area contributed by atoms with Gasteiger partial charge in [-0.15, -0.1) is 0 Å². The number of ether oxygens (including phenoxy) is 1. The molecule has 0 aromatic carbocycles. The second kappa shape index (κ2) is 5.30. The lowest BCUT2D eigenvalue weighted by atomic mass is 10.2. The standard InChI is InChI=1S/C14H20N4O/c1-9-6-13(14(19-5)8-15-9)16-7-12-10(2)17-18(4)11(12)3/h6,8H,7H2,1-5H3,(H,15,16). The summed E-state index contributed by atoms with van der Waals surface area (Å²) in [6, 6.07) is 1.99. The molecule has 0 unspecified atom stereocenters. The minimum Gasteiger partial charge on any atom is -0.493 e. The van der Waals surface area contributed by atoms with Crippen molar-refractivity contribution in [1.82, 2.24) is 14.8 Å². The second-order valence-corrected chi connectivity index (χ2v) is 4.65. The molecule has 2 aromatic heterocycles. The van der Waals surface area contributed by atoms with Gasteiger partial charge in [0.1, 0.15) is 0 Å². The summed E-state index contributed by atoms with van der Waals surface area (Å²) in [5.74, 6) is 0.754. The van der Waals surface area contributed by atoms with Crippen LogP contribution in [0.4, 0.5) is 5.69 Å². The fraction of sp³-hybridized carbons (Fsp3) is 0.429. The monoisotopic (exact) mass is 260 g/mol. The number of aromatic nitrogens is 3. The summed E-state index contributed by atoms with van der Waals surface area (Å²) in [4.78, 5) is 4.22. The first-order chi connectivity index (χ1) is 9.02. The van der Waals surface area contributed by atoms with E-state index < -0.39 is 0 Å². The van der Waals surface area contributed by atoms with Crippen molar-refractivity contribution >= 4 is 5.69 Å². The number of pyridine rings is 1. The maximum absolute atomic E-state index is 5.31. The largest absolute Gasteiger partial charge is 0.493 e. The van der Waals surface area contributed by atoms with Crippen molar-refractivity contribution in [3.8, 4) is 5.75 Å². The van der Waals surface area contributed by atoms with E-state index in [1.807, 2.05) is 31.6 Å². The number of rotatable bonds is 4. The molecule has 0 atom stereocenters. The molecule has 0 spiro atoms. The van der Waals surface area contributed by atoms with E-state index >= 15 is 0 Å².